The highest BCUT2D eigenvalue weighted by atomic mass is 127. The highest BCUT2D eigenvalue weighted by Gasteiger charge is 2.36. The molecule has 2 rings (SSSR count). The number of halogens is 1. The van der Waals surface area contributed by atoms with Crippen LogP contribution >= 0.6 is 35.7 Å². The van der Waals surface area contributed by atoms with Crippen molar-refractivity contribution in [1.82, 2.24) is 15.1 Å². The maximum atomic E-state index is 5.40. The van der Waals surface area contributed by atoms with Crippen molar-refractivity contribution in [3.05, 3.63) is 24.2 Å². The average Bonchev–Trinajstić information content (AvgIpc) is 3.11. The average molecular weight is 438 g/mol. The van der Waals surface area contributed by atoms with Gasteiger partial charge in [0.2, 0.25) is 0 Å². The van der Waals surface area contributed by atoms with Crippen molar-refractivity contribution >= 4 is 41.7 Å². The van der Waals surface area contributed by atoms with Crippen LogP contribution < -0.4 is 5.32 Å². The third-order valence-electron chi connectivity index (χ3n) is 4.15. The van der Waals surface area contributed by atoms with Gasteiger partial charge in [0.1, 0.15) is 5.76 Å². The Labute approximate surface area is 154 Å². The summed E-state index contributed by atoms with van der Waals surface area (Å²) in [5.74, 6) is 4.26. The van der Waals surface area contributed by atoms with Crippen molar-refractivity contribution in [3.8, 4) is 0 Å². The fourth-order valence-electron chi connectivity index (χ4n) is 2.59. The first-order valence-corrected chi connectivity index (χ1v) is 8.42. The molecule has 1 aliphatic rings. The summed E-state index contributed by atoms with van der Waals surface area (Å²) in [6.45, 7) is 1.64. The van der Waals surface area contributed by atoms with Crippen molar-refractivity contribution in [2.45, 2.75) is 18.5 Å². The van der Waals surface area contributed by atoms with E-state index in [-0.39, 0.29) is 29.5 Å². The standard InChI is InChI=1S/C15H26N4OS.HI/c1-16-14(19(4)10-13-6-5-8-20-13)17-11-15(18(2)3)7-9-21-12-15;/h5-6,8H,7,9-12H2,1-4H3,(H,16,17);1H. The largest absolute Gasteiger partial charge is 0.467 e. The number of nitrogens with one attached hydrogen (secondary N) is 1. The predicted molar refractivity (Wildman–Crippen MR) is 105 cm³/mol. The normalized spacial score (nSPS) is 21.8. The first-order chi connectivity index (χ1) is 10.1. The molecule has 0 saturated carbocycles. The van der Waals surface area contributed by atoms with Gasteiger partial charge in [-0.1, -0.05) is 0 Å². The summed E-state index contributed by atoms with van der Waals surface area (Å²) in [6, 6.07) is 3.90. The maximum absolute atomic E-state index is 5.40. The van der Waals surface area contributed by atoms with Crippen LogP contribution in [0.1, 0.15) is 12.2 Å². The maximum Gasteiger partial charge on any atom is 0.193 e. The Kier molecular flexibility index (Phi) is 8.06. The molecule has 1 saturated heterocycles. The van der Waals surface area contributed by atoms with Crippen molar-refractivity contribution in [2.24, 2.45) is 4.99 Å². The van der Waals surface area contributed by atoms with Gasteiger partial charge in [-0.05, 0) is 38.4 Å². The summed E-state index contributed by atoms with van der Waals surface area (Å²) < 4.78 is 5.40. The van der Waals surface area contributed by atoms with Crippen molar-refractivity contribution in [2.75, 3.05) is 46.2 Å². The molecule has 1 fully saturated rings. The topological polar surface area (TPSA) is 44.0 Å². The van der Waals surface area contributed by atoms with Gasteiger partial charge in [0.15, 0.2) is 5.96 Å². The molecule has 1 aliphatic heterocycles. The minimum Gasteiger partial charge on any atom is -0.467 e. The third-order valence-corrected chi connectivity index (χ3v) is 5.39. The first-order valence-electron chi connectivity index (χ1n) is 7.27. The Balaban J connectivity index is 0.00000242. The molecular weight excluding hydrogens is 411 g/mol. The zero-order valence-electron chi connectivity index (χ0n) is 13.8. The Morgan fingerprint density at radius 2 is 2.23 bits per heavy atom. The van der Waals surface area contributed by atoms with Crippen LogP contribution in [0.4, 0.5) is 0 Å². The summed E-state index contributed by atoms with van der Waals surface area (Å²) in [6.07, 6.45) is 2.92. The lowest BCUT2D eigenvalue weighted by Crippen LogP contribution is -2.54. The highest BCUT2D eigenvalue weighted by Crippen LogP contribution is 2.31. The van der Waals surface area contributed by atoms with Gasteiger partial charge < -0.3 is 19.5 Å². The molecule has 126 valence electrons. The summed E-state index contributed by atoms with van der Waals surface area (Å²) in [4.78, 5) is 8.82. The second kappa shape index (κ2) is 9.02. The summed E-state index contributed by atoms with van der Waals surface area (Å²) in [5.41, 5.74) is 0.228. The summed E-state index contributed by atoms with van der Waals surface area (Å²) in [5, 5.41) is 3.52. The molecule has 1 aromatic rings. The molecule has 7 heteroatoms. The molecule has 1 N–H and O–H groups in total. The number of hydrogen-bond donors (Lipinski definition) is 1. The predicted octanol–water partition coefficient (Wildman–Crippen LogP) is 2.34. The van der Waals surface area contributed by atoms with Crippen LogP contribution in [0, 0.1) is 0 Å². The zero-order chi connectivity index (χ0) is 15.3. The van der Waals surface area contributed by atoms with Crippen LogP contribution in [0.3, 0.4) is 0 Å². The van der Waals surface area contributed by atoms with E-state index in [1.165, 1.54) is 17.9 Å². The van der Waals surface area contributed by atoms with Crippen molar-refractivity contribution in [1.29, 1.82) is 0 Å². The summed E-state index contributed by atoms with van der Waals surface area (Å²) in [7, 11) is 8.20. The Bertz CT molecular complexity index is 458. The molecule has 0 bridgehead atoms. The van der Waals surface area contributed by atoms with Crippen LogP contribution in [0.15, 0.2) is 27.8 Å². The fourth-order valence-corrected chi connectivity index (χ4v) is 4.14. The first kappa shape index (κ1) is 19.6. The molecule has 0 amide bonds. The molecule has 22 heavy (non-hydrogen) atoms. The molecule has 0 spiro atoms. The number of rotatable bonds is 5. The van der Waals surface area contributed by atoms with Crippen LogP contribution in [0.25, 0.3) is 0 Å². The van der Waals surface area contributed by atoms with Crippen LogP contribution in [0.2, 0.25) is 0 Å². The lowest BCUT2D eigenvalue weighted by Gasteiger charge is -2.37. The number of guanidine groups is 1. The van der Waals surface area contributed by atoms with E-state index in [9.17, 15) is 0 Å². The molecule has 5 nitrogen and oxygen atoms in total. The van der Waals surface area contributed by atoms with Crippen molar-refractivity contribution in [3.63, 3.8) is 0 Å². The number of nitrogens with zero attached hydrogens (tertiary/aromatic N) is 3. The van der Waals surface area contributed by atoms with Crippen LogP contribution in [0.5, 0.6) is 0 Å². The van der Waals surface area contributed by atoms with Gasteiger partial charge in [-0.3, -0.25) is 4.99 Å². The second-order valence-electron chi connectivity index (χ2n) is 5.76. The van der Waals surface area contributed by atoms with Gasteiger partial charge >= 0.3 is 0 Å². The minimum atomic E-state index is 0. The number of thioether (sulfide) groups is 1. The van der Waals surface area contributed by atoms with E-state index in [1.54, 1.807) is 6.26 Å². The quantitative estimate of drug-likeness (QED) is 0.435. The van der Waals surface area contributed by atoms with E-state index < -0.39 is 0 Å². The second-order valence-corrected chi connectivity index (χ2v) is 6.86. The fraction of sp³-hybridized carbons (Fsp3) is 0.667. The number of furan rings is 1. The molecule has 1 aromatic heterocycles. The number of aliphatic imine (C=N–C) groups is 1. The molecule has 1 unspecified atom stereocenters. The Hall–Kier alpha value is -0.410. The lowest BCUT2D eigenvalue weighted by molar-refractivity contribution is 0.181. The highest BCUT2D eigenvalue weighted by molar-refractivity contribution is 14.0. The van der Waals surface area contributed by atoms with E-state index in [4.69, 9.17) is 4.42 Å². The van der Waals surface area contributed by atoms with E-state index in [0.717, 1.165) is 24.8 Å². The van der Waals surface area contributed by atoms with Gasteiger partial charge in [-0.25, -0.2) is 0 Å². The molecular formula is C15H27IN4OS. The molecule has 1 atom stereocenters. The Morgan fingerprint density at radius 1 is 1.45 bits per heavy atom. The molecule has 0 radical (unpaired) electrons. The SMILES string of the molecule is CN=C(NCC1(N(C)C)CCSC1)N(C)Cc1ccco1.I. The minimum absolute atomic E-state index is 0. The van der Waals surface area contributed by atoms with Gasteiger partial charge in [0.05, 0.1) is 12.8 Å². The van der Waals surface area contributed by atoms with Gasteiger partial charge in [0, 0.05) is 31.9 Å². The monoisotopic (exact) mass is 438 g/mol. The number of likely N-dealkylation sites (N-methyl/N-ethyl adjacent to an activating group) is 1. The smallest absolute Gasteiger partial charge is 0.193 e. The van der Waals surface area contributed by atoms with Crippen LogP contribution in [-0.4, -0.2) is 67.5 Å². The van der Waals surface area contributed by atoms with Crippen LogP contribution in [-0.2, 0) is 6.54 Å². The summed E-state index contributed by atoms with van der Waals surface area (Å²) >= 11 is 2.03. The molecule has 0 aliphatic carbocycles. The van der Waals surface area contributed by atoms with Gasteiger partial charge in [-0.2, -0.15) is 11.8 Å². The van der Waals surface area contributed by atoms with E-state index in [0.29, 0.717) is 0 Å². The van der Waals surface area contributed by atoms with E-state index >= 15 is 0 Å². The zero-order valence-corrected chi connectivity index (χ0v) is 17.0. The Morgan fingerprint density at radius 3 is 2.73 bits per heavy atom. The van der Waals surface area contributed by atoms with E-state index in [2.05, 4.69) is 34.2 Å². The lowest BCUT2D eigenvalue weighted by atomic mass is 9.97. The number of hydrogen-bond acceptors (Lipinski definition) is 4. The van der Waals surface area contributed by atoms with Crippen molar-refractivity contribution < 1.29 is 4.42 Å². The molecule has 2 heterocycles. The van der Waals surface area contributed by atoms with Gasteiger partial charge in [-0.15, -0.1) is 24.0 Å². The van der Waals surface area contributed by atoms with E-state index in [1.807, 2.05) is 38.0 Å². The third kappa shape index (κ3) is 4.79. The van der Waals surface area contributed by atoms with Gasteiger partial charge in [0.25, 0.3) is 0 Å². The molecule has 0 aromatic carbocycles.